The summed E-state index contributed by atoms with van der Waals surface area (Å²) in [5, 5.41) is 10.9. The Hall–Kier alpha value is -2.70. The third-order valence-electron chi connectivity index (χ3n) is 6.91. The summed E-state index contributed by atoms with van der Waals surface area (Å²) in [6, 6.07) is 16.4. The average molecular weight is 998 g/mol. The number of primary amides is 1. The summed E-state index contributed by atoms with van der Waals surface area (Å²) in [6.45, 7) is 14.1. The molecule has 0 aliphatic carbocycles. The summed E-state index contributed by atoms with van der Waals surface area (Å²) in [4.78, 5) is 50.2. The van der Waals surface area contributed by atoms with Gasteiger partial charge in [0.25, 0.3) is 26.5 Å². The number of rotatable bonds is 6. The number of halogens is 1. The summed E-state index contributed by atoms with van der Waals surface area (Å²) in [7, 11) is -7.45. The molecule has 0 atom stereocenters. The van der Waals surface area contributed by atoms with E-state index < -0.39 is 43.4 Å². The van der Waals surface area contributed by atoms with Gasteiger partial charge in [0.2, 0.25) is 0 Å². The van der Waals surface area contributed by atoms with Gasteiger partial charge in [-0.2, -0.15) is 0 Å². The van der Waals surface area contributed by atoms with Crippen LogP contribution in [0.25, 0.3) is 22.3 Å². The summed E-state index contributed by atoms with van der Waals surface area (Å²) in [6.07, 6.45) is 4.22. The van der Waals surface area contributed by atoms with E-state index in [1.165, 1.54) is 30.9 Å². The Kier molecular flexibility index (Phi) is 22.5. The number of hydrogen-bond acceptors (Lipinski definition) is 15. The van der Waals surface area contributed by atoms with Gasteiger partial charge in [0.15, 0.2) is 17.1 Å². The van der Waals surface area contributed by atoms with Crippen LogP contribution in [0.5, 0.6) is 0 Å². The molecule has 2 aromatic carbocycles. The van der Waals surface area contributed by atoms with Crippen LogP contribution < -0.4 is 119 Å². The van der Waals surface area contributed by atoms with E-state index in [-0.39, 0.29) is 132 Å². The fraction of sp³-hybridized carbons (Fsp3) is 0.270. The molecular formula is C37H43BrK2N8O11S2. The van der Waals surface area contributed by atoms with Gasteiger partial charge in [0.1, 0.15) is 26.8 Å². The predicted molar refractivity (Wildman–Crippen MR) is 219 cm³/mol. The number of nitrogens with two attached hydrogens (primary N) is 1. The van der Waals surface area contributed by atoms with Crippen molar-refractivity contribution in [1.82, 2.24) is 27.9 Å². The number of amides is 2. The molecule has 0 bridgehead atoms. The third-order valence-corrected chi connectivity index (χ3v) is 10.7. The van der Waals surface area contributed by atoms with Crippen LogP contribution in [-0.4, -0.2) is 74.6 Å². The Morgan fingerprint density at radius 2 is 1.13 bits per heavy atom. The van der Waals surface area contributed by atoms with Crippen molar-refractivity contribution in [3.8, 4) is 0 Å². The van der Waals surface area contributed by atoms with Crippen LogP contribution >= 0.6 is 15.9 Å². The number of benzene rings is 2. The molecule has 0 unspecified atom stereocenters. The van der Waals surface area contributed by atoms with Crippen molar-refractivity contribution in [2.45, 2.75) is 76.4 Å². The van der Waals surface area contributed by atoms with Crippen molar-refractivity contribution in [2.75, 3.05) is 5.32 Å². The summed E-state index contributed by atoms with van der Waals surface area (Å²) in [5.41, 5.74) is 6.93. The van der Waals surface area contributed by atoms with Crippen LogP contribution in [0, 0.1) is 13.8 Å². The molecule has 19 nitrogen and oxygen atoms in total. The molecule has 0 fully saturated rings. The summed E-state index contributed by atoms with van der Waals surface area (Å²) < 4.78 is 63.4. The van der Waals surface area contributed by atoms with Crippen LogP contribution in [-0.2, 0) is 39.2 Å². The van der Waals surface area contributed by atoms with Crippen LogP contribution in [0.4, 0.5) is 15.4 Å². The van der Waals surface area contributed by atoms with Gasteiger partial charge in [-0.3, -0.25) is 10.1 Å². The molecule has 61 heavy (non-hydrogen) atoms. The van der Waals surface area contributed by atoms with Crippen LogP contribution in [0.3, 0.4) is 0 Å². The normalized spacial score (nSPS) is 11.0. The number of carbonyl (C=O) groups excluding carboxylic acids is 3. The van der Waals surface area contributed by atoms with E-state index in [9.17, 15) is 26.4 Å². The molecule has 4 aromatic heterocycles. The maximum absolute atomic E-state index is 12.8. The van der Waals surface area contributed by atoms with Crippen molar-refractivity contribution >= 4 is 82.8 Å². The Labute approximate surface area is 448 Å². The number of anilines is 1. The second kappa shape index (κ2) is 24.4. The Balaban J connectivity index is 0.000000936. The zero-order chi connectivity index (χ0) is 44.3. The van der Waals surface area contributed by atoms with Gasteiger partial charge in [-0.25, -0.2) is 54.3 Å². The van der Waals surface area contributed by atoms with Crippen molar-refractivity contribution in [2.24, 2.45) is 5.73 Å². The first-order valence-electron chi connectivity index (χ1n) is 17.1. The second-order valence-electron chi connectivity index (χ2n) is 14.1. The minimum Gasteiger partial charge on any atom is -1.00 e. The number of fused-ring (bicyclic) bond motifs is 2. The molecule has 2 amide bonds. The number of nitrogens with zero attached hydrogens (tertiary/aromatic N) is 6. The zero-order valence-electron chi connectivity index (χ0n) is 36.1. The van der Waals surface area contributed by atoms with Crippen molar-refractivity contribution < 1.29 is 155 Å². The SMILES string of the molecule is CC(C)(C)OC(N)=O.Cc1ccc(S(=O)(=O)n2ccc3nc(Br)cnc32)cc1.Cc1ccc(S(=O)(=O)n2ccc3nc(NC(=O)OC(C)(C)C)cnc32)cc1.O=CO[O-].[H-].[K+].[K+]. The number of carbonyl (C=O) groups is 3. The predicted octanol–water partition coefficient (Wildman–Crippen LogP) is -0.502. The van der Waals surface area contributed by atoms with E-state index in [0.717, 1.165) is 19.1 Å². The first-order valence-corrected chi connectivity index (χ1v) is 20.7. The molecule has 24 heteroatoms. The van der Waals surface area contributed by atoms with Crippen LogP contribution in [0.15, 0.2) is 99.8 Å². The van der Waals surface area contributed by atoms with Gasteiger partial charge >= 0.3 is 115 Å². The van der Waals surface area contributed by atoms with Crippen LogP contribution in [0.2, 0.25) is 0 Å². The van der Waals surface area contributed by atoms with Crippen molar-refractivity contribution in [3.63, 3.8) is 0 Å². The number of aromatic nitrogens is 6. The Morgan fingerprint density at radius 1 is 0.738 bits per heavy atom. The van der Waals surface area contributed by atoms with Gasteiger partial charge < -0.3 is 26.8 Å². The molecule has 0 saturated heterocycles. The van der Waals surface area contributed by atoms with E-state index in [1.54, 1.807) is 96.1 Å². The van der Waals surface area contributed by atoms with E-state index >= 15 is 0 Å². The monoisotopic (exact) mass is 996 g/mol. The molecule has 4 heterocycles. The number of aryl methyl sites for hydroxylation is 2. The zero-order valence-corrected chi connectivity index (χ0v) is 44.6. The molecule has 0 saturated carbocycles. The standard InChI is InChI=1S/C18H20N4O4S.C13H10BrN3O2S.C5H11NO2.CH2O3.2K.H/c1-12-5-7-13(8-6-12)27(24,25)22-10-9-14-16(22)19-11-15(20-14)21-17(23)26-18(2,3)4;1-9-2-4-10(5-3-9)20(18,19)17-7-6-11-13(17)15-8-12(14)16-11;1-5(2,3)8-4(6)7;2-1-4-3;;;/h5-11H,1-4H3,(H,20,21,23);2-8H,1H3;1-3H3,(H2,6,7);1,3H;;;/q;;;;2*+1;-1/p-1. The smallest absolute Gasteiger partial charge is 1.00 e. The minimum absolute atomic E-state index is 0. The Morgan fingerprint density at radius 3 is 1.49 bits per heavy atom. The number of nitrogens with one attached hydrogen (secondary N) is 1. The molecule has 318 valence electrons. The van der Waals surface area contributed by atoms with Gasteiger partial charge in [0.05, 0.1) is 22.2 Å². The number of ether oxygens (including phenoxy) is 2. The van der Waals surface area contributed by atoms with Gasteiger partial charge in [-0.05, 0) is 108 Å². The minimum atomic E-state index is -3.80. The summed E-state index contributed by atoms with van der Waals surface area (Å²) >= 11 is 3.21. The quantitative estimate of drug-likeness (QED) is 0.0922. The maximum Gasteiger partial charge on any atom is 1.00 e. The first-order chi connectivity index (χ1) is 27.4. The first kappa shape index (κ1) is 56.3. The molecule has 0 aliphatic heterocycles. The van der Waals surface area contributed by atoms with Gasteiger partial charge in [0, 0.05) is 12.4 Å². The van der Waals surface area contributed by atoms with Gasteiger partial charge in [-0.15, -0.1) is 0 Å². The molecule has 6 aromatic rings. The molecule has 3 N–H and O–H groups in total. The topological polar surface area (TPSA) is 270 Å². The van der Waals surface area contributed by atoms with E-state index in [1.807, 2.05) is 13.8 Å². The van der Waals surface area contributed by atoms with Crippen LogP contribution in [0.1, 0.15) is 54.1 Å². The fourth-order valence-electron chi connectivity index (χ4n) is 4.56. The van der Waals surface area contributed by atoms with E-state index in [2.05, 4.69) is 50.8 Å². The largest absolute Gasteiger partial charge is 1.00 e. The molecule has 0 radical (unpaired) electrons. The number of hydrogen-bond donors (Lipinski definition) is 2. The van der Waals surface area contributed by atoms with Crippen molar-refractivity contribution in [1.29, 1.82) is 0 Å². The summed E-state index contributed by atoms with van der Waals surface area (Å²) in [5.74, 6) is 0.169. The Bertz CT molecular complexity index is 2640. The third kappa shape index (κ3) is 17.4. The van der Waals surface area contributed by atoms with Gasteiger partial charge in [-0.1, -0.05) is 35.4 Å². The fourth-order valence-corrected chi connectivity index (χ4v) is 7.44. The second-order valence-corrected chi connectivity index (χ2v) is 18.5. The van der Waals surface area contributed by atoms with E-state index in [0.29, 0.717) is 21.3 Å². The molecule has 0 spiro atoms. The van der Waals surface area contributed by atoms with E-state index in [4.69, 9.17) is 20.5 Å². The maximum atomic E-state index is 12.8. The molecule has 0 aliphatic rings. The molecular weight excluding hydrogens is 955 g/mol. The average Bonchev–Trinajstić information content (AvgIpc) is 3.76. The van der Waals surface area contributed by atoms with Crippen molar-refractivity contribution in [3.05, 3.63) is 101 Å². The molecule has 6 rings (SSSR count).